The van der Waals surface area contributed by atoms with Crippen LogP contribution >= 0.6 is 11.3 Å². The van der Waals surface area contributed by atoms with E-state index >= 15 is 0 Å². The molecule has 4 heteroatoms. The third kappa shape index (κ3) is 2.24. The van der Waals surface area contributed by atoms with Crippen LogP contribution in [0.25, 0.3) is 0 Å². The molecule has 0 saturated heterocycles. The molecule has 94 valence electrons. The smallest absolute Gasteiger partial charge is 0.239 e. The molecule has 17 heavy (non-hydrogen) atoms. The van der Waals surface area contributed by atoms with E-state index in [0.717, 1.165) is 19.4 Å². The molecule has 2 rings (SSSR count). The number of amides is 1. The number of rotatable bonds is 3. The van der Waals surface area contributed by atoms with Crippen LogP contribution in [0.4, 0.5) is 0 Å². The van der Waals surface area contributed by atoms with Gasteiger partial charge >= 0.3 is 0 Å². The van der Waals surface area contributed by atoms with Crippen LogP contribution in [0.1, 0.15) is 43.2 Å². The van der Waals surface area contributed by atoms with Crippen molar-refractivity contribution < 1.29 is 4.79 Å². The van der Waals surface area contributed by atoms with Crippen LogP contribution in [0.15, 0.2) is 11.4 Å². The highest BCUT2D eigenvalue weighted by Gasteiger charge is 2.31. The molecule has 1 amide bonds. The van der Waals surface area contributed by atoms with E-state index in [0.29, 0.717) is 6.42 Å². The van der Waals surface area contributed by atoms with Gasteiger partial charge in [-0.2, -0.15) is 0 Å². The molecule has 0 bridgehead atoms. The largest absolute Gasteiger partial charge is 0.334 e. The quantitative estimate of drug-likeness (QED) is 0.897. The average Bonchev–Trinajstić information content (AvgIpc) is 2.83. The normalized spacial score (nSPS) is 21.1. The average molecular weight is 252 g/mol. The Morgan fingerprint density at radius 2 is 2.41 bits per heavy atom. The van der Waals surface area contributed by atoms with Gasteiger partial charge in [-0.05, 0) is 36.3 Å². The standard InChI is InChI=1S/C13H20N2OS/c1-3-10(14)13(16)15-7-5-12-9(6-8-17-12)11(15)4-2/h6,8,10-11H,3-5,7,14H2,1-2H3. The van der Waals surface area contributed by atoms with Gasteiger partial charge in [-0.15, -0.1) is 11.3 Å². The van der Waals surface area contributed by atoms with Gasteiger partial charge < -0.3 is 10.6 Å². The maximum Gasteiger partial charge on any atom is 0.239 e. The molecule has 0 radical (unpaired) electrons. The van der Waals surface area contributed by atoms with Gasteiger partial charge in [0.05, 0.1) is 12.1 Å². The van der Waals surface area contributed by atoms with Gasteiger partial charge in [0.25, 0.3) is 0 Å². The van der Waals surface area contributed by atoms with Crippen LogP contribution in [0, 0.1) is 0 Å². The fourth-order valence-electron chi connectivity index (χ4n) is 2.49. The van der Waals surface area contributed by atoms with E-state index in [2.05, 4.69) is 18.4 Å². The molecule has 2 heterocycles. The number of thiophene rings is 1. The van der Waals surface area contributed by atoms with E-state index in [1.165, 1.54) is 10.4 Å². The van der Waals surface area contributed by atoms with Gasteiger partial charge in [0, 0.05) is 11.4 Å². The van der Waals surface area contributed by atoms with Crippen LogP contribution < -0.4 is 5.73 Å². The summed E-state index contributed by atoms with van der Waals surface area (Å²) in [6, 6.07) is 2.05. The van der Waals surface area contributed by atoms with Crippen LogP contribution in [0.5, 0.6) is 0 Å². The number of fused-ring (bicyclic) bond motifs is 1. The highest BCUT2D eigenvalue weighted by Crippen LogP contribution is 2.35. The van der Waals surface area contributed by atoms with Crippen molar-refractivity contribution in [1.82, 2.24) is 4.90 Å². The molecule has 3 nitrogen and oxygen atoms in total. The third-order valence-corrected chi connectivity index (χ3v) is 4.52. The first-order chi connectivity index (χ1) is 8.19. The Morgan fingerprint density at radius 1 is 1.65 bits per heavy atom. The second-order valence-corrected chi connectivity index (χ2v) is 5.52. The summed E-state index contributed by atoms with van der Waals surface area (Å²) in [4.78, 5) is 15.6. The molecule has 0 spiro atoms. The van der Waals surface area contributed by atoms with Crippen molar-refractivity contribution in [2.75, 3.05) is 6.54 Å². The molecule has 2 unspecified atom stereocenters. The minimum absolute atomic E-state index is 0.108. The molecular formula is C13H20N2OS. The number of carbonyl (C=O) groups is 1. The molecule has 1 aromatic heterocycles. The van der Waals surface area contributed by atoms with E-state index in [4.69, 9.17) is 5.73 Å². The van der Waals surface area contributed by atoms with Crippen molar-refractivity contribution in [2.45, 2.75) is 45.2 Å². The Balaban J connectivity index is 2.23. The minimum Gasteiger partial charge on any atom is -0.334 e. The predicted molar refractivity (Wildman–Crippen MR) is 71.0 cm³/mol. The minimum atomic E-state index is -0.343. The zero-order valence-corrected chi connectivity index (χ0v) is 11.3. The zero-order chi connectivity index (χ0) is 12.4. The van der Waals surface area contributed by atoms with Crippen molar-refractivity contribution in [3.63, 3.8) is 0 Å². The van der Waals surface area contributed by atoms with Crippen molar-refractivity contribution in [2.24, 2.45) is 5.73 Å². The highest BCUT2D eigenvalue weighted by molar-refractivity contribution is 7.10. The van der Waals surface area contributed by atoms with E-state index in [1.807, 2.05) is 11.8 Å². The Hall–Kier alpha value is -0.870. The first kappa shape index (κ1) is 12.6. The van der Waals surface area contributed by atoms with Gasteiger partial charge in [0.2, 0.25) is 5.91 Å². The van der Waals surface area contributed by atoms with Gasteiger partial charge in [-0.25, -0.2) is 0 Å². The molecule has 0 aliphatic carbocycles. The monoisotopic (exact) mass is 252 g/mol. The maximum absolute atomic E-state index is 12.2. The number of hydrogen-bond donors (Lipinski definition) is 1. The summed E-state index contributed by atoms with van der Waals surface area (Å²) in [6.45, 7) is 4.91. The van der Waals surface area contributed by atoms with Crippen LogP contribution in [0.2, 0.25) is 0 Å². The topological polar surface area (TPSA) is 46.3 Å². The molecule has 2 N–H and O–H groups in total. The Morgan fingerprint density at radius 3 is 3.06 bits per heavy atom. The van der Waals surface area contributed by atoms with Crippen molar-refractivity contribution in [3.05, 3.63) is 21.9 Å². The summed E-state index contributed by atoms with van der Waals surface area (Å²) in [5.74, 6) is 0.108. The van der Waals surface area contributed by atoms with Gasteiger partial charge in [-0.1, -0.05) is 13.8 Å². The first-order valence-corrected chi connectivity index (χ1v) is 7.19. The van der Waals surface area contributed by atoms with Crippen molar-refractivity contribution >= 4 is 17.2 Å². The summed E-state index contributed by atoms with van der Waals surface area (Å²) in [5, 5.41) is 2.13. The van der Waals surface area contributed by atoms with Crippen molar-refractivity contribution in [3.8, 4) is 0 Å². The molecule has 0 saturated carbocycles. The van der Waals surface area contributed by atoms with E-state index in [1.54, 1.807) is 11.3 Å². The lowest BCUT2D eigenvalue weighted by atomic mass is 9.97. The lowest BCUT2D eigenvalue weighted by Crippen LogP contribution is -2.47. The molecule has 0 fully saturated rings. The molecule has 2 atom stereocenters. The lowest BCUT2D eigenvalue weighted by molar-refractivity contribution is -0.135. The Bertz CT molecular complexity index is 402. The zero-order valence-electron chi connectivity index (χ0n) is 10.5. The summed E-state index contributed by atoms with van der Waals surface area (Å²) < 4.78 is 0. The first-order valence-electron chi connectivity index (χ1n) is 6.31. The summed E-state index contributed by atoms with van der Waals surface area (Å²) in [5.41, 5.74) is 7.20. The van der Waals surface area contributed by atoms with Crippen LogP contribution in [-0.4, -0.2) is 23.4 Å². The second-order valence-electron chi connectivity index (χ2n) is 4.52. The SMILES string of the molecule is CCC(N)C(=O)N1CCc2sccc2C1CC. The maximum atomic E-state index is 12.2. The molecule has 1 aliphatic rings. The molecule has 1 aromatic rings. The van der Waals surface area contributed by atoms with E-state index < -0.39 is 0 Å². The van der Waals surface area contributed by atoms with Gasteiger partial charge in [-0.3, -0.25) is 4.79 Å². The van der Waals surface area contributed by atoms with Crippen LogP contribution in [0.3, 0.4) is 0 Å². The predicted octanol–water partition coefficient (Wildman–Crippen LogP) is 2.32. The Kier molecular flexibility index (Phi) is 3.84. The molecule has 0 aromatic carbocycles. The van der Waals surface area contributed by atoms with Crippen molar-refractivity contribution in [1.29, 1.82) is 0 Å². The van der Waals surface area contributed by atoms with Gasteiger partial charge in [0.1, 0.15) is 0 Å². The number of nitrogens with zero attached hydrogens (tertiary/aromatic N) is 1. The number of carbonyl (C=O) groups excluding carboxylic acids is 1. The Labute approximate surface area is 107 Å². The number of nitrogens with two attached hydrogens (primary N) is 1. The summed E-state index contributed by atoms with van der Waals surface area (Å²) >= 11 is 1.80. The second kappa shape index (κ2) is 5.19. The fraction of sp³-hybridized carbons (Fsp3) is 0.615. The summed E-state index contributed by atoms with van der Waals surface area (Å²) in [7, 11) is 0. The fourth-order valence-corrected chi connectivity index (χ4v) is 3.42. The summed E-state index contributed by atoms with van der Waals surface area (Å²) in [6.07, 6.45) is 2.65. The molecule has 1 aliphatic heterocycles. The van der Waals surface area contributed by atoms with Crippen LogP contribution in [-0.2, 0) is 11.2 Å². The number of hydrogen-bond acceptors (Lipinski definition) is 3. The highest BCUT2D eigenvalue weighted by atomic mass is 32.1. The molecular weight excluding hydrogens is 232 g/mol. The van der Waals surface area contributed by atoms with E-state index in [9.17, 15) is 4.79 Å². The van der Waals surface area contributed by atoms with E-state index in [-0.39, 0.29) is 18.0 Å². The third-order valence-electron chi connectivity index (χ3n) is 3.52. The van der Waals surface area contributed by atoms with Gasteiger partial charge in [0.15, 0.2) is 0 Å². The lowest BCUT2D eigenvalue weighted by Gasteiger charge is -2.36.